The van der Waals surface area contributed by atoms with E-state index in [-0.39, 0.29) is 32.2 Å². The van der Waals surface area contributed by atoms with E-state index in [1.54, 1.807) is 51.2 Å². The van der Waals surface area contributed by atoms with Gasteiger partial charge in [-0.3, -0.25) is 19.2 Å². The molecular formula is C48H61N7O7. The molecule has 0 saturated heterocycles. The monoisotopic (exact) mass is 847 g/mol. The van der Waals surface area contributed by atoms with E-state index in [4.69, 9.17) is 26.7 Å². The highest BCUT2D eigenvalue weighted by Gasteiger charge is 2.42. The number of amides is 5. The summed E-state index contributed by atoms with van der Waals surface area (Å²) in [7, 11) is 0. The first-order chi connectivity index (χ1) is 29.3. The van der Waals surface area contributed by atoms with Crippen LogP contribution in [-0.4, -0.2) is 81.5 Å². The van der Waals surface area contributed by atoms with Gasteiger partial charge in [-0.1, -0.05) is 72.8 Å². The van der Waals surface area contributed by atoms with E-state index in [1.165, 1.54) is 0 Å². The van der Waals surface area contributed by atoms with Crippen molar-refractivity contribution in [3.8, 4) is 5.75 Å². The number of nitrogens with one attached hydrogen (secondary N) is 3. The number of H-pyrrole nitrogens is 1. The Morgan fingerprint density at radius 1 is 0.710 bits per heavy atom. The number of hydrogen-bond acceptors (Lipinski definition) is 9. The molecule has 1 heterocycles. The molecule has 0 spiro atoms. The summed E-state index contributed by atoms with van der Waals surface area (Å²) >= 11 is 0. The molecule has 5 amide bonds. The maximum Gasteiger partial charge on any atom is 0.417 e. The zero-order valence-corrected chi connectivity index (χ0v) is 36.5. The number of carbonyl (C=O) groups excluding carboxylic acids is 5. The summed E-state index contributed by atoms with van der Waals surface area (Å²) in [5.74, 6) is -2.60. The van der Waals surface area contributed by atoms with Crippen LogP contribution in [0.3, 0.4) is 0 Å². The van der Waals surface area contributed by atoms with Gasteiger partial charge < -0.3 is 42.3 Å². The van der Waals surface area contributed by atoms with Crippen molar-refractivity contribution in [2.24, 2.45) is 17.2 Å². The Kier molecular flexibility index (Phi) is 15.5. The normalized spacial score (nSPS) is 13.7. The van der Waals surface area contributed by atoms with Gasteiger partial charge in [-0.2, -0.15) is 0 Å². The molecule has 9 N–H and O–H groups in total. The molecule has 0 unspecified atom stereocenters. The summed E-state index contributed by atoms with van der Waals surface area (Å²) in [6.45, 7) is 10.9. The van der Waals surface area contributed by atoms with Crippen molar-refractivity contribution in [2.45, 2.75) is 115 Å². The van der Waals surface area contributed by atoms with Crippen molar-refractivity contribution in [2.75, 3.05) is 6.54 Å². The Morgan fingerprint density at radius 2 is 1.35 bits per heavy atom. The maximum atomic E-state index is 15.2. The van der Waals surface area contributed by atoms with Gasteiger partial charge in [-0.25, -0.2) is 9.69 Å². The third-order valence-corrected chi connectivity index (χ3v) is 10.2. The SMILES string of the molecule is CC(C)(C)OC(=O)N(C(=O)[C@H](Cc1ccc(OC(C)(C)C)cc1)NC(=O)[C@@H](N)Cc1cccc2ccccc12)[C@@H](CCCCN)C(=O)N[C@@H](Cc1c[nH]c2ccccc12)C(N)=O. The largest absolute Gasteiger partial charge is 0.488 e. The minimum Gasteiger partial charge on any atom is -0.488 e. The van der Waals surface area contributed by atoms with Crippen LogP contribution in [0.1, 0.15) is 77.5 Å². The van der Waals surface area contributed by atoms with E-state index in [2.05, 4.69) is 15.6 Å². The van der Waals surface area contributed by atoms with Crippen molar-refractivity contribution >= 4 is 51.4 Å². The summed E-state index contributed by atoms with van der Waals surface area (Å²) in [5.41, 5.74) is 19.8. The molecule has 5 aromatic rings. The van der Waals surface area contributed by atoms with Crippen LogP contribution in [0.4, 0.5) is 4.79 Å². The first kappa shape index (κ1) is 46.8. The number of primary amides is 1. The molecule has 0 fully saturated rings. The maximum absolute atomic E-state index is 15.2. The van der Waals surface area contributed by atoms with Gasteiger partial charge in [0.05, 0.1) is 6.04 Å². The van der Waals surface area contributed by atoms with Crippen LogP contribution in [0, 0.1) is 0 Å². The summed E-state index contributed by atoms with van der Waals surface area (Å²) in [6.07, 6.45) is 1.46. The molecule has 4 aromatic carbocycles. The topological polar surface area (TPSA) is 225 Å². The molecule has 62 heavy (non-hydrogen) atoms. The molecule has 5 rings (SSSR count). The number of fused-ring (bicyclic) bond motifs is 2. The van der Waals surface area contributed by atoms with Gasteiger partial charge in [-0.05, 0) is 119 Å². The molecule has 14 heteroatoms. The molecule has 0 saturated carbocycles. The number of rotatable bonds is 18. The van der Waals surface area contributed by atoms with Gasteiger partial charge in [0.15, 0.2) is 0 Å². The van der Waals surface area contributed by atoms with Crippen LogP contribution in [0.2, 0.25) is 0 Å². The number of aromatic amines is 1. The molecule has 0 bridgehead atoms. The molecule has 0 aliphatic rings. The Morgan fingerprint density at radius 3 is 2.02 bits per heavy atom. The minimum absolute atomic E-state index is 0.0309. The summed E-state index contributed by atoms with van der Waals surface area (Å²) in [6, 6.07) is 22.8. The van der Waals surface area contributed by atoms with E-state index < -0.39 is 65.1 Å². The lowest BCUT2D eigenvalue weighted by molar-refractivity contribution is -0.143. The van der Waals surface area contributed by atoms with Crippen LogP contribution < -0.4 is 32.6 Å². The first-order valence-electron chi connectivity index (χ1n) is 21.0. The van der Waals surface area contributed by atoms with Crippen molar-refractivity contribution in [1.29, 1.82) is 0 Å². The standard InChI is InChI=1S/C48H61N7O7/c1-47(2,3)61-34-23-21-30(22-24-34)26-40(54-43(57)37(50)27-32-16-13-15-31-14-7-8-17-35(31)32)45(59)55(46(60)62-48(4,5)6)41(20-11-12-25-49)44(58)53-39(42(51)56)28-33-29-52-38-19-10-9-18-36(33)38/h7-10,13-19,21-24,29,37,39-41,52H,11-12,20,25-28,49-50H2,1-6H3,(H2,51,56)(H,53,58)(H,54,57)/t37-,39-,40-,41-/m0/s1. The van der Waals surface area contributed by atoms with Crippen LogP contribution >= 0.6 is 0 Å². The Bertz CT molecular complexity index is 2340. The number of para-hydroxylation sites is 1. The van der Waals surface area contributed by atoms with Gasteiger partial charge in [0.2, 0.25) is 17.7 Å². The van der Waals surface area contributed by atoms with E-state index in [0.717, 1.165) is 37.7 Å². The van der Waals surface area contributed by atoms with Crippen molar-refractivity contribution in [3.05, 3.63) is 114 Å². The highest BCUT2D eigenvalue weighted by molar-refractivity contribution is 6.02. The van der Waals surface area contributed by atoms with Crippen molar-refractivity contribution in [3.63, 3.8) is 0 Å². The Balaban J connectivity index is 1.52. The van der Waals surface area contributed by atoms with E-state index in [1.807, 2.05) is 87.5 Å². The minimum atomic E-state index is -1.50. The molecule has 0 aliphatic carbocycles. The highest BCUT2D eigenvalue weighted by atomic mass is 16.6. The zero-order valence-electron chi connectivity index (χ0n) is 36.5. The van der Waals surface area contributed by atoms with Gasteiger partial charge in [0.25, 0.3) is 5.91 Å². The van der Waals surface area contributed by atoms with Gasteiger partial charge in [-0.15, -0.1) is 0 Å². The zero-order chi connectivity index (χ0) is 45.2. The van der Waals surface area contributed by atoms with E-state index in [0.29, 0.717) is 24.2 Å². The summed E-state index contributed by atoms with van der Waals surface area (Å²) in [4.78, 5) is 75.0. The second kappa shape index (κ2) is 20.5. The van der Waals surface area contributed by atoms with Gasteiger partial charge >= 0.3 is 6.09 Å². The third-order valence-electron chi connectivity index (χ3n) is 10.2. The van der Waals surface area contributed by atoms with Gasteiger partial charge in [0.1, 0.15) is 35.1 Å². The number of imide groups is 1. The highest BCUT2D eigenvalue weighted by Crippen LogP contribution is 2.24. The lowest BCUT2D eigenvalue weighted by Crippen LogP contribution is -2.61. The van der Waals surface area contributed by atoms with Crippen LogP contribution in [0.25, 0.3) is 21.7 Å². The fraction of sp³-hybridized carbons (Fsp3) is 0.396. The first-order valence-corrected chi connectivity index (χ1v) is 21.0. The Labute approximate surface area is 363 Å². The second-order valence-electron chi connectivity index (χ2n) is 17.6. The summed E-state index contributed by atoms with van der Waals surface area (Å²) < 4.78 is 11.8. The van der Waals surface area contributed by atoms with Crippen molar-refractivity contribution < 1.29 is 33.4 Å². The van der Waals surface area contributed by atoms with Crippen LogP contribution in [0.5, 0.6) is 5.75 Å². The number of nitrogens with two attached hydrogens (primary N) is 3. The van der Waals surface area contributed by atoms with E-state index >= 15 is 4.79 Å². The number of nitrogens with zero attached hydrogens (tertiary/aromatic N) is 1. The number of benzene rings is 4. The number of hydrogen-bond donors (Lipinski definition) is 6. The lowest BCUT2D eigenvalue weighted by Gasteiger charge is -2.34. The number of aromatic nitrogens is 1. The molecule has 0 radical (unpaired) electrons. The van der Waals surface area contributed by atoms with Crippen molar-refractivity contribution in [1.82, 2.24) is 20.5 Å². The molecule has 1 aromatic heterocycles. The average Bonchev–Trinajstić information content (AvgIpc) is 3.61. The van der Waals surface area contributed by atoms with Gasteiger partial charge in [0, 0.05) is 29.9 Å². The molecule has 0 aliphatic heterocycles. The number of ether oxygens (including phenoxy) is 2. The third kappa shape index (κ3) is 12.9. The average molecular weight is 848 g/mol. The fourth-order valence-electron chi connectivity index (χ4n) is 7.28. The molecule has 4 atom stereocenters. The number of carbonyl (C=O) groups is 5. The smallest absolute Gasteiger partial charge is 0.417 e. The molecule has 14 nitrogen and oxygen atoms in total. The number of unbranched alkanes of at least 4 members (excludes halogenated alkanes) is 1. The van der Waals surface area contributed by atoms with Crippen LogP contribution in [-0.2, 0) is 43.2 Å². The Hall–Kier alpha value is -6.25. The lowest BCUT2D eigenvalue weighted by atomic mass is 9.98. The predicted octanol–water partition coefficient (Wildman–Crippen LogP) is 5.57. The second-order valence-corrected chi connectivity index (χ2v) is 17.6. The molecule has 330 valence electrons. The fourth-order valence-corrected chi connectivity index (χ4v) is 7.28. The van der Waals surface area contributed by atoms with Crippen LogP contribution in [0.15, 0.2) is 97.2 Å². The molecular weight excluding hydrogens is 787 g/mol. The predicted molar refractivity (Wildman–Crippen MR) is 241 cm³/mol. The quantitative estimate of drug-likeness (QED) is 0.0606. The summed E-state index contributed by atoms with van der Waals surface area (Å²) in [5, 5.41) is 8.32. The van der Waals surface area contributed by atoms with E-state index in [9.17, 15) is 19.2 Å².